The van der Waals surface area contributed by atoms with E-state index in [1.54, 1.807) is 14.1 Å². The van der Waals surface area contributed by atoms with Crippen LogP contribution in [0.1, 0.15) is 47.2 Å². The Balaban J connectivity index is 1.57. The van der Waals surface area contributed by atoms with Crippen LogP contribution in [0.15, 0.2) is 6.07 Å². The summed E-state index contributed by atoms with van der Waals surface area (Å²) in [5, 5.41) is 22.8. The average molecular weight is 546 g/mol. The lowest BCUT2D eigenvalue weighted by Gasteiger charge is -2.52. The second kappa shape index (κ2) is 9.22. The molecule has 5 rings (SSSR count). The highest BCUT2D eigenvalue weighted by atomic mass is 35.5. The lowest BCUT2D eigenvalue weighted by molar-refractivity contribution is -0.181. The summed E-state index contributed by atoms with van der Waals surface area (Å²) < 4.78 is 0. The molecule has 10 nitrogen and oxygen atoms in total. The first-order valence-corrected chi connectivity index (χ1v) is 13.3. The number of hydrogen-bond donors (Lipinski definition) is 3. The number of halogens is 1. The average Bonchev–Trinajstić information content (AvgIpc) is 2.77. The topological polar surface area (TPSA) is 158 Å². The first-order valence-electron chi connectivity index (χ1n) is 12.9. The van der Waals surface area contributed by atoms with Gasteiger partial charge in [-0.1, -0.05) is 18.0 Å². The number of fused-ring (bicyclic) bond motifs is 3. The Labute approximate surface area is 225 Å². The number of nitrogens with two attached hydrogens (primary N) is 1. The number of likely N-dealkylation sites (N-methyl/N-ethyl adjacent to an activating group) is 1. The molecule has 1 aromatic rings. The van der Waals surface area contributed by atoms with Crippen LogP contribution in [0, 0.1) is 23.7 Å². The van der Waals surface area contributed by atoms with Crippen LogP contribution in [0.2, 0.25) is 5.02 Å². The lowest BCUT2D eigenvalue weighted by Crippen LogP contribution is -2.74. The molecule has 4 aliphatic carbocycles. The van der Waals surface area contributed by atoms with Gasteiger partial charge in [0.2, 0.25) is 5.91 Å². The van der Waals surface area contributed by atoms with Gasteiger partial charge in [-0.25, -0.2) is 0 Å². The standard InChI is InChI=1S/C27H32ClN3O7/c1-30(2)21-15-8-11-7-14-18(16(32)9-12(20(14)28)10-31(3)13-5-4-6-13)22(33)17(11)24(35)27(15,38)25(36)19(23(21)34)26(29)37/h9,11,13,15,17,19,21,32,38H,4-8,10H2,1-3H3,(H2,29,37)/t11-,15-,17?,19?,21-,27-/m0/s1. The number of carbonyl (C=O) groups is 5. The van der Waals surface area contributed by atoms with Crippen molar-refractivity contribution in [2.45, 2.75) is 56.3 Å². The number of aliphatic hydroxyl groups is 1. The van der Waals surface area contributed by atoms with Crippen molar-refractivity contribution >= 4 is 40.6 Å². The number of hydrogen-bond acceptors (Lipinski definition) is 9. The predicted molar refractivity (Wildman–Crippen MR) is 135 cm³/mol. The fraction of sp³-hybridized carbons (Fsp3) is 0.593. The van der Waals surface area contributed by atoms with E-state index >= 15 is 0 Å². The molecule has 1 amide bonds. The fourth-order valence-corrected chi connectivity index (χ4v) is 7.33. The Morgan fingerprint density at radius 1 is 1.16 bits per heavy atom. The van der Waals surface area contributed by atoms with E-state index in [1.807, 2.05) is 7.05 Å². The van der Waals surface area contributed by atoms with Gasteiger partial charge in [0, 0.05) is 23.5 Å². The van der Waals surface area contributed by atoms with Crippen molar-refractivity contribution in [1.29, 1.82) is 0 Å². The summed E-state index contributed by atoms with van der Waals surface area (Å²) in [6, 6.07) is 0.732. The maximum atomic E-state index is 13.8. The Kier molecular flexibility index (Phi) is 6.53. The van der Waals surface area contributed by atoms with Crippen molar-refractivity contribution in [3.63, 3.8) is 0 Å². The van der Waals surface area contributed by atoms with Gasteiger partial charge in [0.15, 0.2) is 34.7 Å². The van der Waals surface area contributed by atoms with Gasteiger partial charge in [0.25, 0.3) is 0 Å². The van der Waals surface area contributed by atoms with Crippen LogP contribution in [0.4, 0.5) is 0 Å². The summed E-state index contributed by atoms with van der Waals surface area (Å²) in [7, 11) is 5.08. The molecule has 6 atom stereocenters. The number of phenolic OH excluding ortho intramolecular Hbond substituents is 1. The maximum absolute atomic E-state index is 13.8. The van der Waals surface area contributed by atoms with E-state index in [2.05, 4.69) is 4.90 Å². The van der Waals surface area contributed by atoms with Crippen molar-refractivity contribution in [1.82, 2.24) is 9.80 Å². The van der Waals surface area contributed by atoms with Gasteiger partial charge in [0.05, 0.1) is 17.5 Å². The van der Waals surface area contributed by atoms with Gasteiger partial charge in [-0.2, -0.15) is 0 Å². The van der Waals surface area contributed by atoms with Crippen LogP contribution >= 0.6 is 11.6 Å². The van der Waals surface area contributed by atoms with Crippen LogP contribution in [0.25, 0.3) is 0 Å². The van der Waals surface area contributed by atoms with Crippen molar-refractivity contribution in [2.75, 3.05) is 21.1 Å². The number of nitrogens with zero attached hydrogens (tertiary/aromatic N) is 2. The molecular formula is C27H32ClN3O7. The zero-order chi connectivity index (χ0) is 27.8. The third-order valence-corrected chi connectivity index (χ3v) is 9.66. The summed E-state index contributed by atoms with van der Waals surface area (Å²) in [6.45, 7) is 0.480. The highest BCUT2D eigenvalue weighted by molar-refractivity contribution is 6.34. The summed E-state index contributed by atoms with van der Waals surface area (Å²) in [4.78, 5) is 69.7. The summed E-state index contributed by atoms with van der Waals surface area (Å²) in [6.07, 6.45) is 3.48. The minimum atomic E-state index is -2.73. The molecule has 2 unspecified atom stereocenters. The number of ketones is 4. The number of Topliss-reactive ketones (excluding diaryl/α,β-unsaturated/α-hetero) is 4. The van der Waals surface area contributed by atoms with E-state index in [0.717, 1.165) is 19.3 Å². The highest BCUT2D eigenvalue weighted by Gasteiger charge is 2.69. The summed E-state index contributed by atoms with van der Waals surface area (Å²) >= 11 is 6.79. The third kappa shape index (κ3) is 3.68. The number of benzene rings is 1. The highest BCUT2D eigenvalue weighted by Crippen LogP contribution is 2.51. The van der Waals surface area contributed by atoms with Gasteiger partial charge >= 0.3 is 0 Å². The summed E-state index contributed by atoms with van der Waals surface area (Å²) in [5.41, 5.74) is 3.61. The predicted octanol–water partition coefficient (Wildman–Crippen LogP) is 0.505. The van der Waals surface area contributed by atoms with Gasteiger partial charge in [-0.05, 0) is 69.9 Å². The maximum Gasteiger partial charge on any atom is 0.235 e. The first kappa shape index (κ1) is 26.9. The Morgan fingerprint density at radius 2 is 1.82 bits per heavy atom. The minimum Gasteiger partial charge on any atom is -0.507 e. The molecule has 0 heterocycles. The Morgan fingerprint density at radius 3 is 2.37 bits per heavy atom. The molecule has 0 aliphatic heterocycles. The number of carbonyl (C=O) groups excluding carboxylic acids is 5. The van der Waals surface area contributed by atoms with Gasteiger partial charge in [-0.15, -0.1) is 0 Å². The van der Waals surface area contributed by atoms with Gasteiger partial charge < -0.3 is 15.9 Å². The molecule has 0 radical (unpaired) electrons. The van der Waals surface area contributed by atoms with Crippen molar-refractivity contribution in [2.24, 2.45) is 29.4 Å². The van der Waals surface area contributed by atoms with E-state index < -0.39 is 64.4 Å². The Hall–Kier alpha value is -2.66. The van der Waals surface area contributed by atoms with Crippen LogP contribution in [-0.2, 0) is 32.1 Å². The summed E-state index contributed by atoms with van der Waals surface area (Å²) in [5.74, 6) is -10.6. The molecular weight excluding hydrogens is 514 g/mol. The number of phenols is 1. The zero-order valence-corrected chi connectivity index (χ0v) is 22.3. The molecule has 4 N–H and O–H groups in total. The van der Waals surface area contributed by atoms with Crippen molar-refractivity contribution in [3.8, 4) is 5.75 Å². The molecule has 1 aromatic carbocycles. The monoisotopic (exact) mass is 545 g/mol. The first-order chi connectivity index (χ1) is 17.8. The fourth-order valence-electron chi connectivity index (χ4n) is 7.05. The van der Waals surface area contributed by atoms with Crippen LogP contribution < -0.4 is 5.73 Å². The number of rotatable bonds is 5. The van der Waals surface area contributed by atoms with Crippen LogP contribution in [0.5, 0.6) is 5.75 Å². The van der Waals surface area contributed by atoms with E-state index in [-0.39, 0.29) is 24.2 Å². The molecule has 0 saturated heterocycles. The van der Waals surface area contributed by atoms with Crippen molar-refractivity contribution in [3.05, 3.63) is 27.8 Å². The quantitative estimate of drug-likeness (QED) is 0.448. The van der Waals surface area contributed by atoms with E-state index in [1.165, 1.54) is 11.0 Å². The minimum absolute atomic E-state index is 0.00676. The largest absolute Gasteiger partial charge is 0.507 e. The number of primary amides is 1. The molecule has 0 spiro atoms. The van der Waals surface area contributed by atoms with Gasteiger partial charge in [-0.3, -0.25) is 33.8 Å². The number of aromatic hydroxyl groups is 1. The van der Waals surface area contributed by atoms with Crippen LogP contribution in [0.3, 0.4) is 0 Å². The third-order valence-electron chi connectivity index (χ3n) is 9.19. The van der Waals surface area contributed by atoms with E-state index in [4.69, 9.17) is 17.3 Å². The molecule has 38 heavy (non-hydrogen) atoms. The zero-order valence-electron chi connectivity index (χ0n) is 21.6. The lowest BCUT2D eigenvalue weighted by atomic mass is 9.52. The van der Waals surface area contributed by atoms with Gasteiger partial charge in [0.1, 0.15) is 5.75 Å². The molecule has 204 valence electrons. The van der Waals surface area contributed by atoms with E-state index in [9.17, 15) is 34.2 Å². The second-order valence-electron chi connectivity index (χ2n) is 11.5. The Bertz CT molecular complexity index is 1280. The molecule has 3 fully saturated rings. The molecule has 3 saturated carbocycles. The van der Waals surface area contributed by atoms with Crippen LogP contribution in [-0.4, -0.2) is 87.9 Å². The molecule has 0 bridgehead atoms. The smallest absolute Gasteiger partial charge is 0.235 e. The molecule has 11 heteroatoms. The van der Waals surface area contributed by atoms with Crippen molar-refractivity contribution < 1.29 is 34.2 Å². The molecule has 4 aliphatic rings. The number of amides is 1. The molecule has 0 aromatic heterocycles. The SMILES string of the molecule is CN(Cc1cc(O)c2c(c1Cl)C[C@H]1C[C@H]3[C@H](N(C)C)C(=O)C(C(N)=O)C(=O)[C@@]3(O)C(=O)C1C2=O)C1CCC1. The normalized spacial score (nSPS) is 33.2. The second-order valence-corrected chi connectivity index (χ2v) is 11.9. The van der Waals surface area contributed by atoms with E-state index in [0.29, 0.717) is 28.7 Å².